The van der Waals surface area contributed by atoms with Crippen LogP contribution in [-0.4, -0.2) is 34.9 Å². The number of aryl methyl sites for hydroxylation is 1. The highest BCUT2D eigenvalue weighted by atomic mass is 16.6. The lowest BCUT2D eigenvalue weighted by atomic mass is 10.1. The first-order valence-corrected chi connectivity index (χ1v) is 5.47. The zero-order valence-electron chi connectivity index (χ0n) is 10.6. The van der Waals surface area contributed by atoms with E-state index in [9.17, 15) is 10.1 Å². The van der Waals surface area contributed by atoms with Crippen LogP contribution in [0.5, 0.6) is 5.88 Å². The quantitative estimate of drug-likeness (QED) is 0.458. The Labute approximate surface area is 99.9 Å². The van der Waals surface area contributed by atoms with Crippen molar-refractivity contribution < 1.29 is 9.66 Å². The molecular weight excluding hydrogens is 224 g/mol. The smallest absolute Gasteiger partial charge is 0.353 e. The Balaban J connectivity index is 3.05. The number of nitrogens with one attached hydrogen (secondary N) is 1. The third-order valence-corrected chi connectivity index (χ3v) is 2.32. The molecule has 1 aromatic heterocycles. The van der Waals surface area contributed by atoms with Gasteiger partial charge in [0.25, 0.3) is 5.88 Å². The molecule has 0 saturated carbocycles. The zero-order chi connectivity index (χ0) is 13.0. The lowest BCUT2D eigenvalue weighted by molar-refractivity contribution is -0.386. The van der Waals surface area contributed by atoms with E-state index in [1.54, 1.807) is 14.1 Å². The van der Waals surface area contributed by atoms with Crippen molar-refractivity contribution in [2.45, 2.75) is 19.8 Å². The van der Waals surface area contributed by atoms with Crippen LogP contribution in [0.3, 0.4) is 0 Å². The summed E-state index contributed by atoms with van der Waals surface area (Å²) >= 11 is 0. The van der Waals surface area contributed by atoms with Gasteiger partial charge in [0.05, 0.1) is 4.92 Å². The molecule has 96 valence electrons. The number of likely N-dealkylation sites (N-methyl/N-ethyl adjacent to an activating group) is 1. The fraction of sp³-hybridized carbons (Fsp3) is 0.700. The maximum atomic E-state index is 11.0. The van der Waals surface area contributed by atoms with Crippen LogP contribution in [0.4, 0.5) is 5.69 Å². The van der Waals surface area contributed by atoms with Crippen LogP contribution in [0.1, 0.15) is 25.5 Å². The predicted octanol–water partition coefficient (Wildman–Crippen LogP) is 1.05. The zero-order valence-corrected chi connectivity index (χ0v) is 10.6. The molecule has 0 aliphatic rings. The Morgan fingerprint density at radius 3 is 2.71 bits per heavy atom. The molecule has 7 heteroatoms. The van der Waals surface area contributed by atoms with Crippen molar-refractivity contribution in [1.29, 1.82) is 0 Å². The molecule has 0 bridgehead atoms. The van der Waals surface area contributed by atoms with E-state index < -0.39 is 4.92 Å². The van der Waals surface area contributed by atoms with Crippen LogP contribution >= 0.6 is 0 Å². The van der Waals surface area contributed by atoms with Gasteiger partial charge in [0.1, 0.15) is 12.3 Å². The summed E-state index contributed by atoms with van der Waals surface area (Å²) in [6.07, 6.45) is 0. The third-order valence-electron chi connectivity index (χ3n) is 2.32. The van der Waals surface area contributed by atoms with Crippen LogP contribution in [0.25, 0.3) is 0 Å². The van der Waals surface area contributed by atoms with Crippen molar-refractivity contribution in [3.8, 4) is 5.88 Å². The average Bonchev–Trinajstić information content (AvgIpc) is 2.57. The molecule has 0 spiro atoms. The van der Waals surface area contributed by atoms with Gasteiger partial charge in [-0.05, 0) is 7.05 Å². The van der Waals surface area contributed by atoms with Crippen LogP contribution in [0.15, 0.2) is 0 Å². The highest BCUT2D eigenvalue weighted by Gasteiger charge is 2.29. The summed E-state index contributed by atoms with van der Waals surface area (Å²) in [4.78, 5) is 10.6. The molecule has 0 aromatic carbocycles. The van der Waals surface area contributed by atoms with E-state index in [4.69, 9.17) is 4.74 Å². The van der Waals surface area contributed by atoms with Gasteiger partial charge in [-0.2, -0.15) is 5.10 Å². The van der Waals surface area contributed by atoms with Crippen LogP contribution in [0, 0.1) is 10.1 Å². The molecule has 0 amide bonds. The van der Waals surface area contributed by atoms with Gasteiger partial charge in [-0.25, -0.2) is 4.68 Å². The monoisotopic (exact) mass is 242 g/mol. The first-order chi connectivity index (χ1) is 7.99. The minimum absolute atomic E-state index is 0.0109. The van der Waals surface area contributed by atoms with Crippen molar-refractivity contribution in [1.82, 2.24) is 15.1 Å². The standard InChI is InChI=1S/C10H18N4O3/c1-7(2)8-9(14(15)16)10(13(4)12-8)17-6-5-11-3/h7,11H,5-6H2,1-4H3. The van der Waals surface area contributed by atoms with Crippen molar-refractivity contribution in [3.05, 3.63) is 15.8 Å². The Morgan fingerprint density at radius 2 is 2.24 bits per heavy atom. The second-order valence-corrected chi connectivity index (χ2v) is 4.03. The van der Waals surface area contributed by atoms with Crippen molar-refractivity contribution >= 4 is 5.69 Å². The summed E-state index contributed by atoms with van der Waals surface area (Å²) in [5.41, 5.74) is 0.426. The van der Waals surface area contributed by atoms with E-state index in [0.717, 1.165) is 0 Å². The second kappa shape index (κ2) is 5.62. The van der Waals surface area contributed by atoms with Crippen molar-refractivity contribution in [2.24, 2.45) is 7.05 Å². The summed E-state index contributed by atoms with van der Waals surface area (Å²) in [6.45, 7) is 4.73. The number of aromatic nitrogens is 2. The van der Waals surface area contributed by atoms with Gasteiger partial charge in [-0.3, -0.25) is 10.1 Å². The number of ether oxygens (including phenoxy) is 1. The number of hydrogen-bond acceptors (Lipinski definition) is 5. The van der Waals surface area contributed by atoms with E-state index in [-0.39, 0.29) is 17.5 Å². The molecule has 1 heterocycles. The largest absolute Gasteiger partial charge is 0.472 e. The minimum Gasteiger partial charge on any atom is -0.472 e. The fourth-order valence-corrected chi connectivity index (χ4v) is 1.49. The van der Waals surface area contributed by atoms with E-state index in [1.165, 1.54) is 4.68 Å². The molecular formula is C10H18N4O3. The third kappa shape index (κ3) is 2.94. The summed E-state index contributed by atoms with van der Waals surface area (Å²) < 4.78 is 6.82. The molecule has 0 saturated heterocycles. The number of hydrogen-bond donors (Lipinski definition) is 1. The molecule has 1 N–H and O–H groups in total. The van der Waals surface area contributed by atoms with E-state index in [1.807, 2.05) is 13.8 Å². The van der Waals surface area contributed by atoms with Gasteiger partial charge in [-0.1, -0.05) is 13.8 Å². The fourth-order valence-electron chi connectivity index (χ4n) is 1.49. The molecule has 0 unspecified atom stereocenters. The van der Waals surface area contributed by atoms with Gasteiger partial charge < -0.3 is 10.1 Å². The predicted molar refractivity (Wildman–Crippen MR) is 63.4 cm³/mol. The molecule has 0 radical (unpaired) electrons. The minimum atomic E-state index is -0.433. The van der Waals surface area contributed by atoms with E-state index in [2.05, 4.69) is 10.4 Å². The Hall–Kier alpha value is -1.63. The molecule has 0 aliphatic carbocycles. The normalized spacial score (nSPS) is 10.9. The molecule has 1 rings (SSSR count). The SMILES string of the molecule is CNCCOc1c([N+](=O)[O-])c(C(C)C)nn1C. The van der Waals surface area contributed by atoms with E-state index in [0.29, 0.717) is 18.8 Å². The second-order valence-electron chi connectivity index (χ2n) is 4.03. The molecule has 17 heavy (non-hydrogen) atoms. The Kier molecular flexibility index (Phi) is 4.45. The maximum absolute atomic E-state index is 11.0. The highest BCUT2D eigenvalue weighted by Crippen LogP contribution is 2.34. The Bertz CT molecular complexity index is 401. The number of nitrogens with zero attached hydrogens (tertiary/aromatic N) is 3. The molecule has 1 aromatic rings. The highest BCUT2D eigenvalue weighted by molar-refractivity contribution is 5.47. The van der Waals surface area contributed by atoms with Gasteiger partial charge >= 0.3 is 5.69 Å². The Morgan fingerprint density at radius 1 is 1.59 bits per heavy atom. The van der Waals surface area contributed by atoms with Crippen LogP contribution < -0.4 is 10.1 Å². The summed E-state index contributed by atoms with van der Waals surface area (Å²) in [6, 6.07) is 0. The van der Waals surface area contributed by atoms with E-state index >= 15 is 0 Å². The maximum Gasteiger partial charge on any atom is 0.353 e. The first kappa shape index (κ1) is 13.4. The van der Waals surface area contributed by atoms with Crippen molar-refractivity contribution in [3.63, 3.8) is 0 Å². The number of nitro groups is 1. The number of rotatable bonds is 6. The molecule has 0 atom stereocenters. The van der Waals surface area contributed by atoms with Gasteiger partial charge in [-0.15, -0.1) is 0 Å². The lowest BCUT2D eigenvalue weighted by Gasteiger charge is -2.04. The molecule has 0 aliphatic heterocycles. The lowest BCUT2D eigenvalue weighted by Crippen LogP contribution is -2.17. The first-order valence-electron chi connectivity index (χ1n) is 5.47. The average molecular weight is 242 g/mol. The summed E-state index contributed by atoms with van der Waals surface area (Å²) in [7, 11) is 3.44. The van der Waals surface area contributed by atoms with Crippen LogP contribution in [-0.2, 0) is 7.05 Å². The van der Waals surface area contributed by atoms with Crippen LogP contribution in [0.2, 0.25) is 0 Å². The summed E-state index contributed by atoms with van der Waals surface area (Å²) in [5, 5.41) is 18.1. The topological polar surface area (TPSA) is 82.2 Å². The van der Waals surface area contributed by atoms with Gasteiger partial charge in [0.2, 0.25) is 0 Å². The summed E-state index contributed by atoms with van der Waals surface area (Å²) in [5.74, 6) is 0.206. The molecule has 7 nitrogen and oxygen atoms in total. The molecule has 0 fully saturated rings. The van der Waals surface area contributed by atoms with Crippen molar-refractivity contribution in [2.75, 3.05) is 20.2 Å². The van der Waals surface area contributed by atoms with Gasteiger partial charge in [0, 0.05) is 19.5 Å². The van der Waals surface area contributed by atoms with Gasteiger partial charge in [0.15, 0.2) is 0 Å².